The van der Waals surface area contributed by atoms with E-state index in [1.54, 1.807) is 4.90 Å². The largest absolute Gasteiger partial charge is 0.338 e. The number of amides is 2. The van der Waals surface area contributed by atoms with E-state index in [2.05, 4.69) is 15.3 Å². The van der Waals surface area contributed by atoms with Crippen LogP contribution in [0.4, 0.5) is 5.95 Å². The lowest BCUT2D eigenvalue weighted by Gasteiger charge is -2.39. The normalized spacial score (nSPS) is 19.8. The third-order valence-electron chi connectivity index (χ3n) is 5.17. The summed E-state index contributed by atoms with van der Waals surface area (Å²) in [5.41, 5.74) is 1.69. The van der Waals surface area contributed by atoms with E-state index in [0.29, 0.717) is 24.6 Å². The first-order valence-corrected chi connectivity index (χ1v) is 9.16. The number of likely N-dealkylation sites (tertiary alicyclic amines) is 1. The number of para-hydroxylation sites is 2. The molecule has 1 aromatic heterocycles. The average Bonchev–Trinajstić information content (AvgIpc) is 3.10. The number of anilines is 1. The lowest BCUT2D eigenvalue weighted by atomic mass is 9.80. The van der Waals surface area contributed by atoms with Gasteiger partial charge in [-0.15, -0.1) is 0 Å². The third kappa shape index (κ3) is 3.43. The van der Waals surface area contributed by atoms with Crippen molar-refractivity contribution in [1.82, 2.24) is 14.9 Å². The number of hydrogen-bond acceptors (Lipinski definition) is 3. The molecule has 1 aliphatic rings. The lowest BCUT2D eigenvalue weighted by Crippen LogP contribution is -2.50. The van der Waals surface area contributed by atoms with Crippen LogP contribution < -0.4 is 5.32 Å². The monoisotopic (exact) mass is 362 g/mol. The van der Waals surface area contributed by atoms with Crippen molar-refractivity contribution >= 4 is 28.8 Å². The van der Waals surface area contributed by atoms with Crippen molar-refractivity contribution in [2.45, 2.75) is 19.8 Å². The topological polar surface area (TPSA) is 78.1 Å². The maximum absolute atomic E-state index is 13.0. The van der Waals surface area contributed by atoms with Gasteiger partial charge in [0.2, 0.25) is 11.9 Å². The number of carbonyl (C=O) groups excluding carboxylic acids is 2. The molecule has 1 atom stereocenters. The summed E-state index contributed by atoms with van der Waals surface area (Å²) in [6.07, 6.45) is 1.53. The van der Waals surface area contributed by atoms with Crippen molar-refractivity contribution in [2.75, 3.05) is 18.4 Å². The number of piperidine rings is 1. The van der Waals surface area contributed by atoms with Gasteiger partial charge in [0, 0.05) is 18.7 Å². The Balaban J connectivity index is 1.49. The zero-order valence-corrected chi connectivity index (χ0v) is 15.2. The molecule has 4 rings (SSSR count). The zero-order valence-electron chi connectivity index (χ0n) is 15.2. The number of aromatic nitrogens is 2. The number of nitrogens with zero attached hydrogens (tertiary/aromatic N) is 2. The van der Waals surface area contributed by atoms with Crippen molar-refractivity contribution in [3.63, 3.8) is 0 Å². The van der Waals surface area contributed by atoms with Crippen LogP contribution in [0.15, 0.2) is 54.6 Å². The Labute approximate surface area is 157 Å². The van der Waals surface area contributed by atoms with Crippen LogP contribution in [0.1, 0.15) is 30.1 Å². The summed E-state index contributed by atoms with van der Waals surface area (Å²) in [5.74, 6) is 0.291. The van der Waals surface area contributed by atoms with Crippen LogP contribution in [-0.2, 0) is 4.79 Å². The molecular weight excluding hydrogens is 340 g/mol. The Morgan fingerprint density at radius 3 is 2.63 bits per heavy atom. The highest BCUT2D eigenvalue weighted by Crippen LogP contribution is 2.31. The molecule has 0 bridgehead atoms. The number of carbonyl (C=O) groups is 2. The predicted octanol–water partition coefficient (Wildman–Crippen LogP) is 3.44. The number of rotatable bonds is 3. The molecule has 0 saturated carbocycles. The van der Waals surface area contributed by atoms with Crippen molar-refractivity contribution < 1.29 is 9.59 Å². The van der Waals surface area contributed by atoms with Crippen molar-refractivity contribution in [3.8, 4) is 0 Å². The Morgan fingerprint density at radius 2 is 1.85 bits per heavy atom. The number of fused-ring (bicyclic) bond motifs is 1. The van der Waals surface area contributed by atoms with E-state index >= 15 is 0 Å². The van der Waals surface area contributed by atoms with Gasteiger partial charge in [-0.3, -0.25) is 14.9 Å². The Hall–Kier alpha value is -3.15. The first-order chi connectivity index (χ1) is 13.0. The molecule has 27 heavy (non-hydrogen) atoms. The van der Waals surface area contributed by atoms with Crippen molar-refractivity contribution in [2.24, 2.45) is 5.41 Å². The van der Waals surface area contributed by atoms with Crippen LogP contribution in [0.25, 0.3) is 11.0 Å². The minimum absolute atomic E-state index is 0.0296. The SMILES string of the molecule is CC1(C(=O)Nc2nc3ccccc3[nH]2)CCCN(C(=O)c2ccccc2)C1. The molecule has 2 N–H and O–H groups in total. The molecule has 6 heteroatoms. The number of aromatic amines is 1. The van der Waals surface area contributed by atoms with Gasteiger partial charge in [0.25, 0.3) is 5.91 Å². The van der Waals surface area contributed by atoms with Crippen LogP contribution in [0.2, 0.25) is 0 Å². The standard InChI is InChI=1S/C21H22N4O2/c1-21(19(27)24-20-22-16-10-5-6-11-17(16)23-20)12-7-13-25(14-21)18(26)15-8-3-2-4-9-15/h2-6,8-11H,7,12-14H2,1H3,(H2,22,23,24,27). The fourth-order valence-electron chi connectivity index (χ4n) is 3.63. The molecule has 0 radical (unpaired) electrons. The summed E-state index contributed by atoms with van der Waals surface area (Å²) >= 11 is 0. The summed E-state index contributed by atoms with van der Waals surface area (Å²) < 4.78 is 0. The molecule has 3 aromatic rings. The fourth-order valence-corrected chi connectivity index (χ4v) is 3.63. The minimum atomic E-state index is -0.651. The third-order valence-corrected chi connectivity index (χ3v) is 5.17. The first-order valence-electron chi connectivity index (χ1n) is 9.16. The second-order valence-corrected chi connectivity index (χ2v) is 7.31. The van der Waals surface area contributed by atoms with E-state index in [1.807, 2.05) is 61.5 Å². The van der Waals surface area contributed by atoms with E-state index in [0.717, 1.165) is 23.9 Å². The van der Waals surface area contributed by atoms with Crippen LogP contribution in [0, 0.1) is 5.41 Å². The summed E-state index contributed by atoms with van der Waals surface area (Å²) in [7, 11) is 0. The van der Waals surface area contributed by atoms with E-state index in [9.17, 15) is 9.59 Å². The van der Waals surface area contributed by atoms with Crippen LogP contribution in [0.3, 0.4) is 0 Å². The summed E-state index contributed by atoms with van der Waals surface area (Å²) in [5, 5.41) is 2.90. The van der Waals surface area contributed by atoms with E-state index in [4.69, 9.17) is 0 Å². The van der Waals surface area contributed by atoms with Gasteiger partial charge in [-0.25, -0.2) is 4.98 Å². The van der Waals surface area contributed by atoms with E-state index in [-0.39, 0.29) is 11.8 Å². The molecular formula is C21H22N4O2. The zero-order chi connectivity index (χ0) is 18.9. The van der Waals surface area contributed by atoms with Gasteiger partial charge in [0.05, 0.1) is 16.4 Å². The van der Waals surface area contributed by atoms with Gasteiger partial charge in [-0.2, -0.15) is 0 Å². The molecule has 2 heterocycles. The minimum Gasteiger partial charge on any atom is -0.338 e. The molecule has 1 aliphatic heterocycles. The summed E-state index contributed by atoms with van der Waals surface area (Å²) in [4.78, 5) is 35.0. The van der Waals surface area contributed by atoms with Gasteiger partial charge in [0.15, 0.2) is 0 Å². The maximum Gasteiger partial charge on any atom is 0.253 e. The van der Waals surface area contributed by atoms with Gasteiger partial charge in [-0.1, -0.05) is 30.3 Å². The highest BCUT2D eigenvalue weighted by Gasteiger charge is 2.39. The number of hydrogen-bond donors (Lipinski definition) is 2. The number of H-pyrrole nitrogens is 1. The fraction of sp³-hybridized carbons (Fsp3) is 0.286. The molecule has 0 spiro atoms. The van der Waals surface area contributed by atoms with Gasteiger partial charge >= 0.3 is 0 Å². The van der Waals surface area contributed by atoms with Crippen LogP contribution in [-0.4, -0.2) is 39.8 Å². The molecule has 1 saturated heterocycles. The number of imidazole rings is 1. The summed E-state index contributed by atoms with van der Waals surface area (Å²) in [6.45, 7) is 2.98. The molecule has 6 nitrogen and oxygen atoms in total. The smallest absolute Gasteiger partial charge is 0.253 e. The number of nitrogens with one attached hydrogen (secondary N) is 2. The molecule has 1 fully saturated rings. The highest BCUT2D eigenvalue weighted by atomic mass is 16.2. The second-order valence-electron chi connectivity index (χ2n) is 7.31. The molecule has 138 valence electrons. The van der Waals surface area contributed by atoms with Crippen LogP contribution in [0.5, 0.6) is 0 Å². The molecule has 0 aliphatic carbocycles. The van der Waals surface area contributed by atoms with Gasteiger partial charge in [0.1, 0.15) is 0 Å². The number of benzene rings is 2. The van der Waals surface area contributed by atoms with Crippen molar-refractivity contribution in [1.29, 1.82) is 0 Å². The Kier molecular flexibility index (Phi) is 4.39. The van der Waals surface area contributed by atoms with Gasteiger partial charge in [-0.05, 0) is 44.0 Å². The van der Waals surface area contributed by atoms with Gasteiger partial charge < -0.3 is 9.88 Å². The van der Waals surface area contributed by atoms with Crippen LogP contribution >= 0.6 is 0 Å². The Morgan fingerprint density at radius 1 is 1.11 bits per heavy atom. The maximum atomic E-state index is 13.0. The predicted molar refractivity (Wildman–Crippen MR) is 104 cm³/mol. The highest BCUT2D eigenvalue weighted by molar-refractivity contribution is 5.97. The first kappa shape index (κ1) is 17.3. The molecule has 2 aromatic carbocycles. The molecule has 1 unspecified atom stereocenters. The Bertz CT molecular complexity index is 949. The quantitative estimate of drug-likeness (QED) is 0.749. The molecule has 2 amide bonds. The lowest BCUT2D eigenvalue weighted by molar-refractivity contribution is -0.127. The van der Waals surface area contributed by atoms with Crippen molar-refractivity contribution in [3.05, 3.63) is 60.2 Å². The average molecular weight is 362 g/mol. The van der Waals surface area contributed by atoms with E-state index in [1.165, 1.54) is 0 Å². The van der Waals surface area contributed by atoms with E-state index < -0.39 is 5.41 Å². The second kappa shape index (κ2) is 6.87. The summed E-state index contributed by atoms with van der Waals surface area (Å²) in [6, 6.07) is 16.8.